The van der Waals surface area contributed by atoms with Crippen LogP contribution >= 0.6 is 24.8 Å². The van der Waals surface area contributed by atoms with E-state index in [4.69, 9.17) is 0 Å². The zero-order chi connectivity index (χ0) is 16.8. The van der Waals surface area contributed by atoms with Crippen LogP contribution in [0.15, 0.2) is 24.4 Å². The van der Waals surface area contributed by atoms with Crippen LogP contribution < -0.4 is 10.2 Å². The van der Waals surface area contributed by atoms with Gasteiger partial charge in [-0.3, -0.25) is 9.69 Å². The molecule has 2 fully saturated rings. The van der Waals surface area contributed by atoms with Gasteiger partial charge in [0.15, 0.2) is 0 Å². The first-order valence-electron chi connectivity index (χ1n) is 9.07. The molecule has 1 aromatic heterocycles. The Labute approximate surface area is 169 Å². The molecule has 0 spiro atoms. The molecule has 1 N–H and O–H groups in total. The highest BCUT2D eigenvalue weighted by Crippen LogP contribution is 2.17. The Balaban J connectivity index is 0.00000169. The molecular formula is C18H31Cl2N5O. The lowest BCUT2D eigenvalue weighted by Gasteiger charge is -2.37. The fourth-order valence-electron chi connectivity index (χ4n) is 3.71. The predicted molar refractivity (Wildman–Crippen MR) is 111 cm³/mol. The maximum atomic E-state index is 12.6. The Morgan fingerprint density at radius 2 is 1.96 bits per heavy atom. The summed E-state index contributed by atoms with van der Waals surface area (Å²) in [5.74, 6) is 1.94. The fraction of sp³-hybridized carbons (Fsp3) is 0.667. The summed E-state index contributed by atoms with van der Waals surface area (Å²) in [5.41, 5.74) is 0. The Morgan fingerprint density at radius 1 is 1.19 bits per heavy atom. The van der Waals surface area contributed by atoms with Gasteiger partial charge in [-0.25, -0.2) is 4.98 Å². The number of carbonyl (C=O) groups excluding carboxylic acids is 1. The van der Waals surface area contributed by atoms with E-state index < -0.39 is 0 Å². The van der Waals surface area contributed by atoms with Gasteiger partial charge < -0.3 is 15.1 Å². The van der Waals surface area contributed by atoms with Crippen LogP contribution in [-0.2, 0) is 4.79 Å². The van der Waals surface area contributed by atoms with Crippen LogP contribution in [0.4, 0.5) is 5.82 Å². The van der Waals surface area contributed by atoms with Crippen LogP contribution in [0.2, 0.25) is 0 Å². The first-order chi connectivity index (χ1) is 11.8. The number of hydrogen-bond acceptors (Lipinski definition) is 5. The number of carbonyl (C=O) groups is 1. The molecule has 148 valence electrons. The van der Waals surface area contributed by atoms with Gasteiger partial charge >= 0.3 is 0 Å². The van der Waals surface area contributed by atoms with E-state index in [9.17, 15) is 4.79 Å². The molecule has 1 atom stereocenters. The molecular weight excluding hydrogens is 373 g/mol. The highest BCUT2D eigenvalue weighted by atomic mass is 35.5. The number of piperazine rings is 1. The van der Waals surface area contributed by atoms with Crippen LogP contribution in [0.25, 0.3) is 0 Å². The number of anilines is 1. The molecule has 6 nitrogen and oxygen atoms in total. The lowest BCUT2D eigenvalue weighted by atomic mass is 9.98. The van der Waals surface area contributed by atoms with Gasteiger partial charge in [-0.1, -0.05) is 6.07 Å². The number of rotatable bonds is 5. The van der Waals surface area contributed by atoms with E-state index in [1.165, 1.54) is 6.42 Å². The minimum atomic E-state index is 0. The lowest BCUT2D eigenvalue weighted by molar-refractivity contribution is -0.134. The minimum absolute atomic E-state index is 0. The first-order valence-corrected chi connectivity index (χ1v) is 9.07. The molecule has 26 heavy (non-hydrogen) atoms. The summed E-state index contributed by atoms with van der Waals surface area (Å²) in [6.45, 7) is 7.13. The van der Waals surface area contributed by atoms with Crippen molar-refractivity contribution in [3.8, 4) is 0 Å². The smallest absolute Gasteiger partial charge is 0.236 e. The van der Waals surface area contributed by atoms with E-state index in [0.717, 1.165) is 58.1 Å². The summed E-state index contributed by atoms with van der Waals surface area (Å²) in [6, 6.07) is 6.02. The number of halogens is 2. The lowest BCUT2D eigenvalue weighted by Crippen LogP contribution is -2.52. The highest BCUT2D eigenvalue weighted by molar-refractivity contribution is 5.85. The van der Waals surface area contributed by atoms with E-state index in [-0.39, 0.29) is 24.8 Å². The zero-order valence-corrected chi connectivity index (χ0v) is 17.1. The second-order valence-corrected chi connectivity index (χ2v) is 6.86. The molecule has 1 amide bonds. The van der Waals surface area contributed by atoms with Gasteiger partial charge in [0.2, 0.25) is 5.91 Å². The Morgan fingerprint density at radius 3 is 2.62 bits per heavy atom. The van der Waals surface area contributed by atoms with E-state index >= 15 is 0 Å². The summed E-state index contributed by atoms with van der Waals surface area (Å²) < 4.78 is 0. The molecule has 0 radical (unpaired) electrons. The maximum absolute atomic E-state index is 12.6. The molecule has 1 aromatic rings. The number of aromatic nitrogens is 1. The zero-order valence-electron chi connectivity index (χ0n) is 15.5. The molecule has 0 aliphatic carbocycles. The third-order valence-corrected chi connectivity index (χ3v) is 5.07. The van der Waals surface area contributed by atoms with E-state index in [2.05, 4.69) is 31.1 Å². The largest absolute Gasteiger partial charge is 0.354 e. The van der Waals surface area contributed by atoms with E-state index in [1.807, 2.05) is 25.4 Å². The number of likely N-dealkylation sites (tertiary alicyclic amines) is 1. The minimum Gasteiger partial charge on any atom is -0.354 e. The summed E-state index contributed by atoms with van der Waals surface area (Å²) in [6.07, 6.45) is 4.20. The van der Waals surface area contributed by atoms with Crippen molar-refractivity contribution in [1.29, 1.82) is 0 Å². The maximum Gasteiger partial charge on any atom is 0.236 e. The fourth-order valence-corrected chi connectivity index (χ4v) is 3.71. The Kier molecular flexibility index (Phi) is 10.2. The molecule has 8 heteroatoms. The van der Waals surface area contributed by atoms with Gasteiger partial charge in [0.05, 0.1) is 6.54 Å². The summed E-state index contributed by atoms with van der Waals surface area (Å²) in [7, 11) is 1.99. The van der Waals surface area contributed by atoms with E-state index in [0.29, 0.717) is 18.4 Å². The molecule has 1 unspecified atom stereocenters. The average molecular weight is 404 g/mol. The van der Waals surface area contributed by atoms with Crippen molar-refractivity contribution >= 4 is 36.5 Å². The monoisotopic (exact) mass is 403 g/mol. The second-order valence-electron chi connectivity index (χ2n) is 6.86. The normalized spacial score (nSPS) is 20.9. The molecule has 0 saturated carbocycles. The van der Waals surface area contributed by atoms with Crippen molar-refractivity contribution in [2.45, 2.75) is 12.8 Å². The number of nitrogens with one attached hydrogen (secondary N) is 1. The van der Waals surface area contributed by atoms with Gasteiger partial charge in [-0.05, 0) is 44.5 Å². The van der Waals surface area contributed by atoms with Crippen LogP contribution in [-0.4, -0.2) is 80.1 Å². The van der Waals surface area contributed by atoms with Gasteiger partial charge in [0.1, 0.15) is 5.82 Å². The second kappa shape index (κ2) is 11.6. The molecule has 2 aliphatic heterocycles. The van der Waals surface area contributed by atoms with Crippen molar-refractivity contribution in [3.63, 3.8) is 0 Å². The molecule has 3 heterocycles. The average Bonchev–Trinajstić information content (AvgIpc) is 2.64. The molecule has 2 aliphatic rings. The third-order valence-electron chi connectivity index (χ3n) is 5.07. The summed E-state index contributed by atoms with van der Waals surface area (Å²) in [5, 5.41) is 3.24. The van der Waals surface area contributed by atoms with Crippen LogP contribution in [0, 0.1) is 5.92 Å². The molecule has 2 saturated heterocycles. The number of pyridine rings is 1. The van der Waals surface area contributed by atoms with Gasteiger partial charge in [0, 0.05) is 45.5 Å². The van der Waals surface area contributed by atoms with Crippen molar-refractivity contribution in [2.24, 2.45) is 5.92 Å². The quantitative estimate of drug-likeness (QED) is 0.807. The van der Waals surface area contributed by atoms with Crippen molar-refractivity contribution in [1.82, 2.24) is 20.1 Å². The Bertz CT molecular complexity index is 524. The van der Waals surface area contributed by atoms with Gasteiger partial charge in [-0.15, -0.1) is 24.8 Å². The van der Waals surface area contributed by atoms with Gasteiger partial charge in [-0.2, -0.15) is 0 Å². The standard InChI is InChI=1S/C18H29N5O.2ClH/c1-19-13-16-5-4-8-23(14-16)18(24)15-21-9-11-22(12-10-21)17-6-2-3-7-20-17;;/h2-3,6-7,16,19H,4-5,8-15H2,1H3;2*1H. The predicted octanol–water partition coefficient (Wildman–Crippen LogP) is 1.51. The van der Waals surface area contributed by atoms with Gasteiger partial charge in [0.25, 0.3) is 0 Å². The van der Waals surface area contributed by atoms with Crippen LogP contribution in [0.5, 0.6) is 0 Å². The van der Waals surface area contributed by atoms with Crippen LogP contribution in [0.1, 0.15) is 12.8 Å². The molecule has 0 aromatic carbocycles. The number of hydrogen-bond donors (Lipinski definition) is 1. The molecule has 3 rings (SSSR count). The first kappa shape index (κ1) is 23.0. The van der Waals surface area contributed by atoms with Crippen LogP contribution in [0.3, 0.4) is 0 Å². The van der Waals surface area contributed by atoms with Crippen molar-refractivity contribution in [2.75, 3.05) is 64.3 Å². The Hall–Kier alpha value is -1.08. The molecule has 0 bridgehead atoms. The summed E-state index contributed by atoms with van der Waals surface area (Å²) in [4.78, 5) is 23.7. The van der Waals surface area contributed by atoms with Crippen molar-refractivity contribution in [3.05, 3.63) is 24.4 Å². The number of nitrogens with zero attached hydrogens (tertiary/aromatic N) is 4. The topological polar surface area (TPSA) is 51.7 Å². The highest BCUT2D eigenvalue weighted by Gasteiger charge is 2.26. The van der Waals surface area contributed by atoms with E-state index in [1.54, 1.807) is 0 Å². The number of piperidine rings is 1. The SMILES string of the molecule is CNCC1CCCN(C(=O)CN2CCN(c3ccccn3)CC2)C1.Cl.Cl. The van der Waals surface area contributed by atoms with Crippen molar-refractivity contribution < 1.29 is 4.79 Å². The number of amides is 1. The third kappa shape index (κ3) is 6.27. The summed E-state index contributed by atoms with van der Waals surface area (Å²) >= 11 is 0.